The Morgan fingerprint density at radius 2 is 2.00 bits per heavy atom. The molecule has 3 rings (SSSR count). The fraction of sp³-hybridized carbons (Fsp3) is 0.0526. The summed E-state index contributed by atoms with van der Waals surface area (Å²) in [5.41, 5.74) is 0.197. The van der Waals surface area contributed by atoms with Crippen molar-refractivity contribution < 1.29 is 19.1 Å². The lowest BCUT2D eigenvalue weighted by Gasteiger charge is -2.06. The highest BCUT2D eigenvalue weighted by Gasteiger charge is 2.12. The first-order chi connectivity index (χ1) is 12.0. The van der Waals surface area contributed by atoms with E-state index in [1.165, 1.54) is 37.5 Å². The maximum Gasteiger partial charge on any atom is 0.347 e. The van der Waals surface area contributed by atoms with Gasteiger partial charge in [-0.25, -0.2) is 4.79 Å². The minimum absolute atomic E-state index is 0.0632. The molecule has 0 radical (unpaired) electrons. The zero-order chi connectivity index (χ0) is 18.0. The van der Waals surface area contributed by atoms with Crippen molar-refractivity contribution in [2.45, 2.75) is 0 Å². The molecule has 6 heteroatoms. The summed E-state index contributed by atoms with van der Waals surface area (Å²) in [5, 5.41) is 10.5. The van der Waals surface area contributed by atoms with Crippen molar-refractivity contribution in [3.63, 3.8) is 0 Å². The number of fused-ring (bicyclic) bond motifs is 1. The van der Waals surface area contributed by atoms with Gasteiger partial charge in [0.05, 0.1) is 12.1 Å². The van der Waals surface area contributed by atoms with E-state index in [2.05, 4.69) is 0 Å². The molecular formula is C19H13ClO5. The van der Waals surface area contributed by atoms with Gasteiger partial charge in [-0.1, -0.05) is 35.9 Å². The number of carbonyl (C=O) groups excluding carboxylic acids is 1. The molecule has 0 spiro atoms. The Hall–Kier alpha value is -3.05. The van der Waals surface area contributed by atoms with Gasteiger partial charge in [0, 0.05) is 5.39 Å². The molecule has 5 nitrogen and oxygen atoms in total. The van der Waals surface area contributed by atoms with E-state index < -0.39 is 11.4 Å². The molecule has 0 fully saturated rings. The van der Waals surface area contributed by atoms with Crippen LogP contribution >= 0.6 is 11.6 Å². The van der Waals surface area contributed by atoms with Crippen LogP contribution in [0.15, 0.2) is 57.8 Å². The Labute approximate surface area is 147 Å². The maximum absolute atomic E-state index is 12.3. The monoisotopic (exact) mass is 356 g/mol. The highest BCUT2D eigenvalue weighted by molar-refractivity contribution is 6.32. The number of ether oxygens (including phenoxy) is 1. The van der Waals surface area contributed by atoms with Crippen molar-refractivity contribution in [1.29, 1.82) is 0 Å². The molecule has 0 atom stereocenters. The van der Waals surface area contributed by atoms with Crippen LogP contribution < -0.4 is 10.4 Å². The molecule has 3 aromatic rings. The van der Waals surface area contributed by atoms with Crippen LogP contribution in [0.4, 0.5) is 0 Å². The van der Waals surface area contributed by atoms with Gasteiger partial charge in [0.1, 0.15) is 11.1 Å². The zero-order valence-corrected chi connectivity index (χ0v) is 13.9. The normalized spacial score (nSPS) is 11.1. The van der Waals surface area contributed by atoms with E-state index in [0.717, 1.165) is 0 Å². The summed E-state index contributed by atoms with van der Waals surface area (Å²) >= 11 is 5.91. The minimum atomic E-state index is -0.699. The van der Waals surface area contributed by atoms with Crippen LogP contribution in [-0.4, -0.2) is 18.0 Å². The number of aromatic hydroxyl groups is 1. The summed E-state index contributed by atoms with van der Waals surface area (Å²) in [5.74, 6) is -0.490. The number of hydrogen-bond donors (Lipinski definition) is 1. The molecule has 1 aromatic heterocycles. The van der Waals surface area contributed by atoms with Gasteiger partial charge >= 0.3 is 5.63 Å². The van der Waals surface area contributed by atoms with Crippen molar-refractivity contribution in [3.8, 4) is 11.5 Å². The van der Waals surface area contributed by atoms with Crippen molar-refractivity contribution in [3.05, 3.63) is 75.1 Å². The minimum Gasteiger partial charge on any atom is -0.503 e. The molecule has 0 aliphatic heterocycles. The summed E-state index contributed by atoms with van der Waals surface area (Å²) in [6.45, 7) is 0. The maximum atomic E-state index is 12.3. The third-order valence-corrected chi connectivity index (χ3v) is 3.89. The van der Waals surface area contributed by atoms with Gasteiger partial charge in [-0.2, -0.15) is 0 Å². The number of ketones is 1. The molecule has 0 saturated carbocycles. The predicted octanol–water partition coefficient (Wildman–Crippen LogP) is 4.06. The predicted molar refractivity (Wildman–Crippen MR) is 95.5 cm³/mol. The van der Waals surface area contributed by atoms with Gasteiger partial charge in [-0.15, -0.1) is 0 Å². The van der Waals surface area contributed by atoms with Crippen LogP contribution in [0.5, 0.6) is 11.5 Å². The average molecular weight is 357 g/mol. The number of hydrogen-bond acceptors (Lipinski definition) is 5. The van der Waals surface area contributed by atoms with Crippen LogP contribution in [0, 0.1) is 0 Å². The Morgan fingerprint density at radius 3 is 2.76 bits per heavy atom. The molecule has 126 valence electrons. The van der Waals surface area contributed by atoms with Gasteiger partial charge in [0.15, 0.2) is 17.3 Å². The SMILES string of the molecule is COc1cc(/C=C/C(=O)c2cc3ccccc3oc2=O)cc(Cl)c1O. The molecule has 0 aliphatic carbocycles. The number of benzene rings is 2. The van der Waals surface area contributed by atoms with Crippen LogP contribution in [0.2, 0.25) is 5.02 Å². The fourth-order valence-electron chi connectivity index (χ4n) is 2.34. The second-order valence-electron chi connectivity index (χ2n) is 5.24. The molecule has 1 N–H and O–H groups in total. The van der Waals surface area contributed by atoms with E-state index in [0.29, 0.717) is 16.5 Å². The van der Waals surface area contributed by atoms with Crippen molar-refractivity contribution in [2.24, 2.45) is 0 Å². The lowest BCUT2D eigenvalue weighted by atomic mass is 10.1. The Balaban J connectivity index is 1.95. The molecule has 0 bridgehead atoms. The number of allylic oxidation sites excluding steroid dienone is 1. The molecule has 0 aliphatic rings. The van der Waals surface area contributed by atoms with Gasteiger partial charge < -0.3 is 14.3 Å². The van der Waals surface area contributed by atoms with E-state index in [4.69, 9.17) is 20.8 Å². The van der Waals surface area contributed by atoms with Gasteiger partial charge in [0.2, 0.25) is 0 Å². The first-order valence-electron chi connectivity index (χ1n) is 7.31. The van der Waals surface area contributed by atoms with Crippen molar-refractivity contribution in [2.75, 3.05) is 7.11 Å². The van der Waals surface area contributed by atoms with Crippen molar-refractivity contribution in [1.82, 2.24) is 0 Å². The van der Waals surface area contributed by atoms with Crippen molar-refractivity contribution >= 4 is 34.4 Å². The topological polar surface area (TPSA) is 76.7 Å². The largest absolute Gasteiger partial charge is 0.503 e. The Bertz CT molecular complexity index is 1050. The second-order valence-corrected chi connectivity index (χ2v) is 5.64. The number of phenolic OH excluding ortho intramolecular Hbond substituents is 1. The standard InChI is InChI=1S/C19H13ClO5/c1-24-17-9-11(8-14(20)18(17)22)6-7-15(21)13-10-12-4-2-3-5-16(12)25-19(13)23/h2-10,22H,1H3/b7-6+. The third kappa shape index (κ3) is 3.41. The van der Waals surface area contributed by atoms with Gasteiger partial charge in [0.25, 0.3) is 0 Å². The van der Waals surface area contributed by atoms with E-state index in [9.17, 15) is 14.7 Å². The molecule has 0 unspecified atom stereocenters. The second kappa shape index (κ2) is 6.83. The lowest BCUT2D eigenvalue weighted by molar-refractivity contribution is 0.104. The number of phenols is 1. The number of carbonyl (C=O) groups is 1. The average Bonchev–Trinajstić information content (AvgIpc) is 2.61. The van der Waals surface area contributed by atoms with E-state index in [1.807, 2.05) is 0 Å². The molecule has 25 heavy (non-hydrogen) atoms. The number of para-hydroxylation sites is 1. The van der Waals surface area contributed by atoms with E-state index >= 15 is 0 Å². The van der Waals surface area contributed by atoms with Crippen LogP contribution in [-0.2, 0) is 0 Å². The zero-order valence-electron chi connectivity index (χ0n) is 13.2. The Kier molecular flexibility index (Phi) is 4.59. The number of halogens is 1. The summed E-state index contributed by atoms with van der Waals surface area (Å²) in [4.78, 5) is 24.3. The summed E-state index contributed by atoms with van der Waals surface area (Å²) in [6.07, 6.45) is 2.72. The van der Waals surface area contributed by atoms with E-state index in [-0.39, 0.29) is 22.1 Å². The third-order valence-electron chi connectivity index (χ3n) is 3.60. The Morgan fingerprint density at radius 1 is 1.24 bits per heavy atom. The molecular weight excluding hydrogens is 344 g/mol. The summed E-state index contributed by atoms with van der Waals surface area (Å²) < 4.78 is 10.2. The quantitative estimate of drug-likeness (QED) is 0.433. The number of rotatable bonds is 4. The molecule has 0 saturated heterocycles. The molecule has 1 heterocycles. The highest BCUT2D eigenvalue weighted by atomic mass is 35.5. The fourth-order valence-corrected chi connectivity index (χ4v) is 2.56. The number of methoxy groups -OCH3 is 1. The van der Waals surface area contributed by atoms with Crippen LogP contribution in [0.3, 0.4) is 0 Å². The molecule has 2 aromatic carbocycles. The molecule has 0 amide bonds. The lowest BCUT2D eigenvalue weighted by Crippen LogP contribution is -2.11. The smallest absolute Gasteiger partial charge is 0.347 e. The van der Waals surface area contributed by atoms with Crippen LogP contribution in [0.1, 0.15) is 15.9 Å². The summed E-state index contributed by atoms with van der Waals surface area (Å²) in [7, 11) is 1.39. The van der Waals surface area contributed by atoms with Crippen LogP contribution in [0.25, 0.3) is 17.0 Å². The first-order valence-corrected chi connectivity index (χ1v) is 7.69. The summed E-state index contributed by atoms with van der Waals surface area (Å²) in [6, 6.07) is 11.4. The first kappa shape index (κ1) is 16.8. The van der Waals surface area contributed by atoms with E-state index in [1.54, 1.807) is 24.3 Å². The highest BCUT2D eigenvalue weighted by Crippen LogP contribution is 2.35. The van der Waals surface area contributed by atoms with Gasteiger partial charge in [-0.05, 0) is 35.9 Å². The van der Waals surface area contributed by atoms with Gasteiger partial charge in [-0.3, -0.25) is 4.79 Å².